The molecule has 0 aliphatic carbocycles. The van der Waals surface area contributed by atoms with E-state index in [9.17, 15) is 4.79 Å². The first kappa shape index (κ1) is 14.4. The molecule has 1 aromatic carbocycles. The van der Waals surface area contributed by atoms with Crippen LogP contribution in [0.1, 0.15) is 27.9 Å². The number of nitrogens with one attached hydrogen (secondary N) is 1. The first-order valence-electron chi connectivity index (χ1n) is 6.55. The molecule has 0 radical (unpaired) electrons. The Morgan fingerprint density at radius 3 is 2.79 bits per heavy atom. The summed E-state index contributed by atoms with van der Waals surface area (Å²) in [6.07, 6.45) is 1.00. The van der Waals surface area contributed by atoms with Crippen LogP contribution in [0.3, 0.4) is 0 Å². The highest BCUT2D eigenvalue weighted by Gasteiger charge is 2.34. The van der Waals surface area contributed by atoms with Crippen molar-refractivity contribution in [2.24, 2.45) is 0 Å². The fourth-order valence-corrected chi connectivity index (χ4v) is 3.58. The Morgan fingerprint density at radius 1 is 1.42 bits per heavy atom. The molecule has 2 rings (SSSR count). The van der Waals surface area contributed by atoms with E-state index in [0.29, 0.717) is 6.54 Å². The van der Waals surface area contributed by atoms with Crippen LogP contribution in [0.2, 0.25) is 0 Å². The van der Waals surface area contributed by atoms with Gasteiger partial charge in [0.1, 0.15) is 0 Å². The number of carbonyl (C=O) groups is 1. The number of carbonyl (C=O) groups excluding carboxylic acids is 1. The Hall–Kier alpha value is -1.00. The highest BCUT2D eigenvalue weighted by molar-refractivity contribution is 7.99. The molecule has 1 saturated heterocycles. The van der Waals surface area contributed by atoms with Gasteiger partial charge < -0.3 is 10.1 Å². The van der Waals surface area contributed by atoms with Crippen molar-refractivity contribution in [2.75, 3.05) is 25.2 Å². The van der Waals surface area contributed by atoms with Gasteiger partial charge in [-0.15, -0.1) is 0 Å². The standard InChI is InChI=1S/C15H21NO2S/c1-11-4-5-13(8-12(11)2)14(17)16-9-15(18-3)6-7-19-10-15/h4-5,8H,6-7,9-10H2,1-3H3,(H,16,17). The van der Waals surface area contributed by atoms with Crippen LogP contribution in [0.15, 0.2) is 18.2 Å². The summed E-state index contributed by atoms with van der Waals surface area (Å²) in [4.78, 5) is 12.1. The molecule has 1 aliphatic rings. The van der Waals surface area contributed by atoms with Crippen molar-refractivity contribution >= 4 is 17.7 Å². The molecule has 1 aliphatic heterocycles. The molecule has 104 valence electrons. The predicted octanol–water partition coefficient (Wildman–Crippen LogP) is 2.56. The third kappa shape index (κ3) is 3.31. The van der Waals surface area contributed by atoms with Gasteiger partial charge in [0, 0.05) is 25.0 Å². The Balaban J connectivity index is 1.99. The second-order valence-corrected chi connectivity index (χ2v) is 6.28. The van der Waals surface area contributed by atoms with Crippen molar-refractivity contribution in [3.8, 4) is 0 Å². The summed E-state index contributed by atoms with van der Waals surface area (Å²) < 4.78 is 5.59. The molecule has 0 saturated carbocycles. The maximum atomic E-state index is 12.1. The van der Waals surface area contributed by atoms with Crippen LogP contribution in [-0.2, 0) is 4.74 Å². The SMILES string of the molecule is COC1(CNC(=O)c2ccc(C)c(C)c2)CCSC1. The number of methoxy groups -OCH3 is 1. The molecule has 1 fully saturated rings. The molecule has 1 atom stereocenters. The summed E-state index contributed by atoms with van der Waals surface area (Å²) in [5.74, 6) is 2.04. The van der Waals surface area contributed by atoms with Gasteiger partial charge in [0.05, 0.1) is 5.60 Å². The van der Waals surface area contributed by atoms with Gasteiger partial charge >= 0.3 is 0 Å². The summed E-state index contributed by atoms with van der Waals surface area (Å²) in [5.41, 5.74) is 2.89. The average molecular weight is 279 g/mol. The van der Waals surface area contributed by atoms with Crippen LogP contribution < -0.4 is 5.32 Å². The number of thioether (sulfide) groups is 1. The van der Waals surface area contributed by atoms with Crippen LogP contribution in [0, 0.1) is 13.8 Å². The van der Waals surface area contributed by atoms with Gasteiger partial charge in [0.2, 0.25) is 0 Å². The van der Waals surface area contributed by atoms with Crippen molar-refractivity contribution in [1.29, 1.82) is 0 Å². The summed E-state index contributed by atoms with van der Waals surface area (Å²) in [5, 5.41) is 3.00. The summed E-state index contributed by atoms with van der Waals surface area (Å²) in [6.45, 7) is 4.66. The summed E-state index contributed by atoms with van der Waals surface area (Å²) in [7, 11) is 1.73. The van der Waals surface area contributed by atoms with Crippen LogP contribution in [-0.4, -0.2) is 36.7 Å². The molecule has 0 bridgehead atoms. The van der Waals surface area contributed by atoms with Gasteiger partial charge in [-0.25, -0.2) is 0 Å². The van der Waals surface area contributed by atoms with Gasteiger partial charge in [-0.2, -0.15) is 11.8 Å². The Labute approximate surface area is 119 Å². The van der Waals surface area contributed by atoms with Crippen LogP contribution in [0.5, 0.6) is 0 Å². The van der Waals surface area contributed by atoms with E-state index in [0.717, 1.165) is 29.1 Å². The van der Waals surface area contributed by atoms with Crippen molar-refractivity contribution in [2.45, 2.75) is 25.9 Å². The molecule has 1 heterocycles. The third-order valence-electron chi connectivity index (χ3n) is 3.84. The number of aryl methyl sites for hydroxylation is 2. The van der Waals surface area contributed by atoms with Gasteiger partial charge in [0.15, 0.2) is 0 Å². The zero-order chi connectivity index (χ0) is 13.9. The Bertz CT molecular complexity index is 467. The number of rotatable bonds is 4. The fourth-order valence-electron chi connectivity index (χ4n) is 2.19. The molecule has 0 aromatic heterocycles. The number of hydrogen-bond donors (Lipinski definition) is 1. The smallest absolute Gasteiger partial charge is 0.251 e. The predicted molar refractivity (Wildman–Crippen MR) is 79.9 cm³/mol. The number of hydrogen-bond acceptors (Lipinski definition) is 3. The van der Waals surface area contributed by atoms with E-state index >= 15 is 0 Å². The highest BCUT2D eigenvalue weighted by atomic mass is 32.2. The zero-order valence-electron chi connectivity index (χ0n) is 11.8. The second kappa shape index (κ2) is 5.97. The molecule has 3 nitrogen and oxygen atoms in total. The average Bonchev–Trinajstić information content (AvgIpc) is 2.89. The van der Waals surface area contributed by atoms with Crippen LogP contribution >= 0.6 is 11.8 Å². The molecule has 4 heteroatoms. The van der Waals surface area contributed by atoms with E-state index in [4.69, 9.17) is 4.74 Å². The molecule has 0 spiro atoms. The Morgan fingerprint density at radius 2 is 2.21 bits per heavy atom. The van der Waals surface area contributed by atoms with Gasteiger partial charge in [-0.1, -0.05) is 6.07 Å². The minimum absolute atomic E-state index is 0.0172. The minimum atomic E-state index is -0.180. The monoisotopic (exact) mass is 279 g/mol. The number of benzene rings is 1. The first-order valence-corrected chi connectivity index (χ1v) is 7.70. The number of amides is 1. The summed E-state index contributed by atoms with van der Waals surface area (Å²) in [6, 6.07) is 5.80. The van der Waals surface area contributed by atoms with E-state index in [1.165, 1.54) is 5.56 Å². The maximum absolute atomic E-state index is 12.1. The molecule has 19 heavy (non-hydrogen) atoms. The third-order valence-corrected chi connectivity index (χ3v) is 5.06. The van der Waals surface area contributed by atoms with Crippen molar-refractivity contribution in [3.05, 3.63) is 34.9 Å². The lowest BCUT2D eigenvalue weighted by Crippen LogP contribution is -2.44. The molecular formula is C15H21NO2S. The van der Waals surface area contributed by atoms with Crippen molar-refractivity contribution < 1.29 is 9.53 Å². The van der Waals surface area contributed by atoms with Crippen molar-refractivity contribution in [1.82, 2.24) is 5.32 Å². The normalized spacial score (nSPS) is 22.5. The molecular weight excluding hydrogens is 258 g/mol. The van der Waals surface area contributed by atoms with E-state index in [2.05, 4.69) is 5.32 Å². The lowest BCUT2D eigenvalue weighted by molar-refractivity contribution is 0.0137. The van der Waals surface area contributed by atoms with E-state index in [-0.39, 0.29) is 11.5 Å². The second-order valence-electron chi connectivity index (χ2n) is 5.17. The highest BCUT2D eigenvalue weighted by Crippen LogP contribution is 2.30. The van der Waals surface area contributed by atoms with Crippen LogP contribution in [0.4, 0.5) is 0 Å². The van der Waals surface area contributed by atoms with Gasteiger partial charge in [-0.3, -0.25) is 4.79 Å². The lowest BCUT2D eigenvalue weighted by atomic mass is 10.0. The van der Waals surface area contributed by atoms with Crippen molar-refractivity contribution in [3.63, 3.8) is 0 Å². The van der Waals surface area contributed by atoms with Gasteiger partial charge in [0.25, 0.3) is 5.91 Å². The first-order chi connectivity index (χ1) is 9.06. The molecule has 1 N–H and O–H groups in total. The van der Waals surface area contributed by atoms with E-state index in [1.54, 1.807) is 7.11 Å². The van der Waals surface area contributed by atoms with E-state index < -0.39 is 0 Å². The van der Waals surface area contributed by atoms with E-state index in [1.807, 2.05) is 43.8 Å². The number of ether oxygens (including phenoxy) is 1. The molecule has 1 aromatic rings. The zero-order valence-corrected chi connectivity index (χ0v) is 12.6. The lowest BCUT2D eigenvalue weighted by Gasteiger charge is -2.26. The quantitative estimate of drug-likeness (QED) is 0.920. The minimum Gasteiger partial charge on any atom is -0.376 e. The van der Waals surface area contributed by atoms with Crippen LogP contribution in [0.25, 0.3) is 0 Å². The topological polar surface area (TPSA) is 38.3 Å². The largest absolute Gasteiger partial charge is 0.376 e. The fraction of sp³-hybridized carbons (Fsp3) is 0.533. The Kier molecular flexibility index (Phi) is 4.53. The molecule has 1 amide bonds. The summed E-state index contributed by atoms with van der Waals surface area (Å²) >= 11 is 1.88. The molecule has 1 unspecified atom stereocenters. The maximum Gasteiger partial charge on any atom is 0.251 e. The van der Waals surface area contributed by atoms with Gasteiger partial charge in [-0.05, 0) is 49.3 Å².